The van der Waals surface area contributed by atoms with E-state index in [0.29, 0.717) is 0 Å². The molecule has 0 radical (unpaired) electrons. The number of likely N-dealkylation sites (N-methyl/N-ethyl adjacent to an activating group) is 2. The quantitative estimate of drug-likeness (QED) is 0.758. The van der Waals surface area contributed by atoms with Crippen LogP contribution in [0, 0.1) is 0 Å². The molecule has 4 heteroatoms. The number of nitrogens with zero attached hydrogens (tertiary/aromatic N) is 2. The number of hydrogen-bond acceptors (Lipinski definition) is 1. The van der Waals surface area contributed by atoms with Crippen LogP contribution >= 0.6 is 0 Å². The zero-order chi connectivity index (χ0) is 10.1. The van der Waals surface area contributed by atoms with Gasteiger partial charge in [-0.2, -0.15) is 0 Å². The molecule has 1 unspecified atom stereocenters. The lowest BCUT2D eigenvalue weighted by Crippen LogP contribution is -2.29. The molecule has 4 nitrogen and oxygen atoms in total. The molecule has 1 aliphatic heterocycles. The SMILES string of the molecule is CCN1CC(c2ccc[nH]2)N(C)C1=O. The molecule has 2 rings (SSSR count). The number of aromatic amines is 1. The fourth-order valence-electron chi connectivity index (χ4n) is 1.89. The van der Waals surface area contributed by atoms with Crippen molar-refractivity contribution >= 4 is 6.03 Å². The minimum absolute atomic E-state index is 0.118. The van der Waals surface area contributed by atoms with Gasteiger partial charge in [-0.15, -0.1) is 0 Å². The van der Waals surface area contributed by atoms with E-state index in [0.717, 1.165) is 18.8 Å². The van der Waals surface area contributed by atoms with Gasteiger partial charge < -0.3 is 14.8 Å². The van der Waals surface area contributed by atoms with Crippen molar-refractivity contribution in [3.63, 3.8) is 0 Å². The van der Waals surface area contributed by atoms with Crippen LogP contribution in [0.5, 0.6) is 0 Å². The molecular weight excluding hydrogens is 178 g/mol. The van der Waals surface area contributed by atoms with Crippen molar-refractivity contribution in [2.75, 3.05) is 20.1 Å². The van der Waals surface area contributed by atoms with Crippen LogP contribution < -0.4 is 0 Å². The van der Waals surface area contributed by atoms with Gasteiger partial charge in [-0.25, -0.2) is 4.79 Å². The number of H-pyrrole nitrogens is 1. The fraction of sp³-hybridized carbons (Fsp3) is 0.500. The highest BCUT2D eigenvalue weighted by molar-refractivity contribution is 5.77. The molecule has 14 heavy (non-hydrogen) atoms. The molecule has 1 aromatic heterocycles. The van der Waals surface area contributed by atoms with Gasteiger partial charge >= 0.3 is 6.03 Å². The molecule has 0 aromatic carbocycles. The number of urea groups is 1. The van der Waals surface area contributed by atoms with Crippen molar-refractivity contribution in [1.29, 1.82) is 0 Å². The molecular formula is C10H15N3O. The third kappa shape index (κ3) is 1.27. The van der Waals surface area contributed by atoms with Crippen LogP contribution in [0.25, 0.3) is 0 Å². The fourth-order valence-corrected chi connectivity index (χ4v) is 1.89. The highest BCUT2D eigenvalue weighted by Crippen LogP contribution is 2.26. The number of carbonyl (C=O) groups is 1. The first kappa shape index (κ1) is 9.12. The topological polar surface area (TPSA) is 39.3 Å². The van der Waals surface area contributed by atoms with Gasteiger partial charge in [0.15, 0.2) is 0 Å². The van der Waals surface area contributed by atoms with E-state index in [4.69, 9.17) is 0 Å². The summed E-state index contributed by atoms with van der Waals surface area (Å²) < 4.78 is 0. The average molecular weight is 193 g/mol. The lowest BCUT2D eigenvalue weighted by atomic mass is 10.2. The third-order valence-electron chi connectivity index (χ3n) is 2.80. The number of nitrogens with one attached hydrogen (secondary N) is 1. The van der Waals surface area contributed by atoms with Crippen molar-refractivity contribution in [1.82, 2.24) is 14.8 Å². The van der Waals surface area contributed by atoms with Gasteiger partial charge in [-0.3, -0.25) is 0 Å². The van der Waals surface area contributed by atoms with Gasteiger partial charge in [-0.05, 0) is 19.1 Å². The van der Waals surface area contributed by atoms with Crippen molar-refractivity contribution in [3.05, 3.63) is 24.0 Å². The summed E-state index contributed by atoms with van der Waals surface area (Å²) in [5.41, 5.74) is 1.11. The monoisotopic (exact) mass is 193 g/mol. The number of carbonyl (C=O) groups excluding carboxylic acids is 1. The molecule has 0 bridgehead atoms. The minimum Gasteiger partial charge on any atom is -0.363 e. The normalized spacial score (nSPS) is 22.1. The van der Waals surface area contributed by atoms with E-state index < -0.39 is 0 Å². The second kappa shape index (κ2) is 3.36. The molecule has 2 amide bonds. The van der Waals surface area contributed by atoms with Gasteiger partial charge in [0.2, 0.25) is 0 Å². The third-order valence-corrected chi connectivity index (χ3v) is 2.80. The summed E-state index contributed by atoms with van der Waals surface area (Å²) in [6, 6.07) is 4.28. The maximum absolute atomic E-state index is 11.7. The van der Waals surface area contributed by atoms with E-state index in [1.807, 2.05) is 37.2 Å². The average Bonchev–Trinajstić information content (AvgIpc) is 2.78. The largest absolute Gasteiger partial charge is 0.363 e. The van der Waals surface area contributed by atoms with Crippen molar-refractivity contribution in [2.24, 2.45) is 0 Å². The van der Waals surface area contributed by atoms with E-state index in [-0.39, 0.29) is 12.1 Å². The summed E-state index contributed by atoms with van der Waals surface area (Å²) in [6.07, 6.45) is 1.89. The highest BCUT2D eigenvalue weighted by atomic mass is 16.2. The van der Waals surface area contributed by atoms with Gasteiger partial charge in [0.05, 0.1) is 6.04 Å². The Balaban J connectivity index is 2.20. The Morgan fingerprint density at radius 3 is 2.93 bits per heavy atom. The summed E-state index contributed by atoms with van der Waals surface area (Å²) in [7, 11) is 1.85. The Bertz CT molecular complexity index is 320. The molecule has 0 aliphatic carbocycles. The van der Waals surface area contributed by atoms with E-state index in [1.165, 1.54) is 0 Å². The first-order valence-corrected chi connectivity index (χ1v) is 4.89. The Morgan fingerprint density at radius 2 is 2.43 bits per heavy atom. The first-order valence-electron chi connectivity index (χ1n) is 4.89. The van der Waals surface area contributed by atoms with Crippen LogP contribution in [0.3, 0.4) is 0 Å². The zero-order valence-electron chi connectivity index (χ0n) is 8.53. The summed E-state index contributed by atoms with van der Waals surface area (Å²) in [4.78, 5) is 18.5. The van der Waals surface area contributed by atoms with Crippen LogP contribution in [0.4, 0.5) is 4.79 Å². The van der Waals surface area contributed by atoms with Crippen molar-refractivity contribution in [3.8, 4) is 0 Å². The van der Waals surface area contributed by atoms with Crippen LogP contribution in [0.15, 0.2) is 18.3 Å². The van der Waals surface area contributed by atoms with E-state index in [9.17, 15) is 4.79 Å². The zero-order valence-corrected chi connectivity index (χ0v) is 8.53. The van der Waals surface area contributed by atoms with Crippen LogP contribution in [0.1, 0.15) is 18.7 Å². The number of amides is 2. The Kier molecular flexibility index (Phi) is 2.19. The molecule has 2 heterocycles. The lowest BCUT2D eigenvalue weighted by Gasteiger charge is -2.16. The molecule has 0 saturated carbocycles. The van der Waals surface area contributed by atoms with Crippen LogP contribution in [0.2, 0.25) is 0 Å². The lowest BCUT2D eigenvalue weighted by molar-refractivity contribution is 0.197. The van der Waals surface area contributed by atoms with Crippen molar-refractivity contribution < 1.29 is 4.79 Å². The second-order valence-corrected chi connectivity index (χ2v) is 3.57. The molecule has 1 aliphatic rings. The molecule has 76 valence electrons. The highest BCUT2D eigenvalue weighted by Gasteiger charge is 2.34. The van der Waals surface area contributed by atoms with E-state index in [1.54, 1.807) is 4.90 Å². The van der Waals surface area contributed by atoms with E-state index >= 15 is 0 Å². The number of aromatic nitrogens is 1. The Labute approximate surface area is 83.5 Å². The summed E-state index contributed by atoms with van der Waals surface area (Å²) in [5.74, 6) is 0. The van der Waals surface area contributed by atoms with E-state index in [2.05, 4.69) is 4.98 Å². The van der Waals surface area contributed by atoms with Crippen molar-refractivity contribution in [2.45, 2.75) is 13.0 Å². The maximum atomic E-state index is 11.7. The van der Waals surface area contributed by atoms with Gasteiger partial charge in [0.25, 0.3) is 0 Å². The Morgan fingerprint density at radius 1 is 1.64 bits per heavy atom. The van der Waals surface area contributed by atoms with Gasteiger partial charge in [0, 0.05) is 32.0 Å². The molecule has 1 atom stereocenters. The van der Waals surface area contributed by atoms with Gasteiger partial charge in [0.1, 0.15) is 0 Å². The molecule has 0 spiro atoms. The minimum atomic E-state index is 0.118. The number of rotatable bonds is 2. The predicted octanol–water partition coefficient (Wildman–Crippen LogP) is 1.44. The first-order chi connectivity index (χ1) is 6.74. The standard InChI is InChI=1S/C10H15N3O/c1-3-13-7-9(12(2)10(13)14)8-5-4-6-11-8/h4-6,9,11H,3,7H2,1-2H3. The second-order valence-electron chi connectivity index (χ2n) is 3.57. The number of hydrogen-bond donors (Lipinski definition) is 1. The predicted molar refractivity (Wildman–Crippen MR) is 53.9 cm³/mol. The summed E-state index contributed by atoms with van der Waals surface area (Å²) in [5, 5.41) is 0. The summed E-state index contributed by atoms with van der Waals surface area (Å²) in [6.45, 7) is 3.57. The molecule has 1 aromatic rings. The smallest absolute Gasteiger partial charge is 0.320 e. The molecule has 1 fully saturated rings. The molecule has 1 saturated heterocycles. The van der Waals surface area contributed by atoms with Crippen LogP contribution in [-0.4, -0.2) is 41.0 Å². The maximum Gasteiger partial charge on any atom is 0.320 e. The Hall–Kier alpha value is -1.45. The van der Waals surface area contributed by atoms with Crippen LogP contribution in [-0.2, 0) is 0 Å². The summed E-state index contributed by atoms with van der Waals surface area (Å²) >= 11 is 0. The van der Waals surface area contributed by atoms with Gasteiger partial charge in [-0.1, -0.05) is 0 Å². The molecule has 1 N–H and O–H groups in total.